The van der Waals surface area contributed by atoms with Crippen LogP contribution in [0.4, 0.5) is 5.82 Å². The van der Waals surface area contributed by atoms with Gasteiger partial charge in [-0.1, -0.05) is 0 Å². The van der Waals surface area contributed by atoms with Crippen molar-refractivity contribution in [1.82, 2.24) is 14.9 Å². The van der Waals surface area contributed by atoms with Gasteiger partial charge in [0, 0.05) is 25.7 Å². The van der Waals surface area contributed by atoms with Gasteiger partial charge in [-0.05, 0) is 69.0 Å². The van der Waals surface area contributed by atoms with Crippen LogP contribution in [0.3, 0.4) is 0 Å². The van der Waals surface area contributed by atoms with E-state index in [1.807, 2.05) is 0 Å². The fourth-order valence-electron chi connectivity index (χ4n) is 4.86. The molecule has 3 aliphatic rings. The molecule has 2 saturated carbocycles. The van der Waals surface area contributed by atoms with Crippen molar-refractivity contribution in [3.05, 3.63) is 17.8 Å². The van der Waals surface area contributed by atoms with Crippen LogP contribution in [-0.4, -0.2) is 60.8 Å². The number of hydrogen-bond acceptors (Lipinski definition) is 6. The lowest BCUT2D eigenvalue weighted by molar-refractivity contribution is -0.0493. The van der Waals surface area contributed by atoms with Gasteiger partial charge in [0.1, 0.15) is 17.0 Å². The average molecular weight is 373 g/mol. The van der Waals surface area contributed by atoms with E-state index >= 15 is 0 Å². The number of thiophene rings is 1. The van der Waals surface area contributed by atoms with E-state index in [1.165, 1.54) is 31.1 Å². The fourth-order valence-corrected chi connectivity index (χ4v) is 5.59. The first-order valence-corrected chi connectivity index (χ1v) is 10.8. The first kappa shape index (κ1) is 16.9. The summed E-state index contributed by atoms with van der Waals surface area (Å²) in [5.74, 6) is 3.43. The fraction of sp³-hybridized carbons (Fsp3) is 0.700. The van der Waals surface area contributed by atoms with Crippen LogP contribution in [0.2, 0.25) is 0 Å². The van der Waals surface area contributed by atoms with Gasteiger partial charge in [0.05, 0.1) is 11.5 Å². The van der Waals surface area contributed by atoms with Crippen molar-refractivity contribution in [3.8, 4) is 0 Å². The highest BCUT2D eigenvalue weighted by Gasteiger charge is 2.44. The molecule has 5 nitrogen and oxygen atoms in total. The highest BCUT2D eigenvalue weighted by Crippen LogP contribution is 2.42. The molecule has 1 aliphatic heterocycles. The maximum absolute atomic E-state index is 6.40. The third-order valence-electron chi connectivity index (χ3n) is 6.53. The Morgan fingerprint density at radius 2 is 2.00 bits per heavy atom. The van der Waals surface area contributed by atoms with Gasteiger partial charge >= 0.3 is 0 Å². The summed E-state index contributed by atoms with van der Waals surface area (Å²) in [7, 11) is 4.43. The molecule has 6 heteroatoms. The van der Waals surface area contributed by atoms with Crippen molar-refractivity contribution >= 4 is 27.4 Å². The maximum atomic E-state index is 6.40. The van der Waals surface area contributed by atoms with Gasteiger partial charge < -0.3 is 14.5 Å². The Morgan fingerprint density at radius 1 is 1.19 bits per heavy atom. The molecule has 0 N–H and O–H groups in total. The van der Waals surface area contributed by atoms with Crippen molar-refractivity contribution in [2.24, 2.45) is 17.8 Å². The van der Waals surface area contributed by atoms with Crippen LogP contribution in [0.25, 0.3) is 10.2 Å². The normalized spacial score (nSPS) is 31.7. The maximum Gasteiger partial charge on any atom is 0.140 e. The summed E-state index contributed by atoms with van der Waals surface area (Å²) in [6, 6.07) is 2.71. The minimum absolute atomic E-state index is 0.387. The minimum Gasteiger partial charge on any atom is -0.376 e. The number of rotatable bonds is 5. The summed E-state index contributed by atoms with van der Waals surface area (Å²) in [6.45, 7) is 3.19. The second-order valence-corrected chi connectivity index (χ2v) is 9.47. The number of anilines is 1. The minimum atomic E-state index is 0.387. The van der Waals surface area contributed by atoms with E-state index in [2.05, 4.69) is 45.3 Å². The molecule has 5 rings (SSSR count). The Balaban J connectivity index is 1.34. The van der Waals surface area contributed by atoms with Crippen molar-refractivity contribution in [3.63, 3.8) is 0 Å². The zero-order chi connectivity index (χ0) is 17.7. The molecule has 140 valence electrons. The Hall–Kier alpha value is -1.24. The molecule has 3 fully saturated rings. The van der Waals surface area contributed by atoms with Gasteiger partial charge in [-0.15, -0.1) is 11.3 Å². The van der Waals surface area contributed by atoms with Crippen molar-refractivity contribution in [2.45, 2.75) is 37.8 Å². The molecule has 26 heavy (non-hydrogen) atoms. The molecular formula is C20H28N4OS. The number of ether oxygens (including phenoxy) is 1. The molecule has 0 amide bonds. The van der Waals surface area contributed by atoms with Crippen LogP contribution in [0, 0.1) is 17.8 Å². The van der Waals surface area contributed by atoms with Gasteiger partial charge in [-0.3, -0.25) is 0 Å². The van der Waals surface area contributed by atoms with E-state index in [9.17, 15) is 0 Å². The van der Waals surface area contributed by atoms with Gasteiger partial charge in [0.15, 0.2) is 0 Å². The van der Waals surface area contributed by atoms with E-state index in [-0.39, 0.29) is 0 Å². The lowest BCUT2D eigenvalue weighted by Gasteiger charge is -2.41. The highest BCUT2D eigenvalue weighted by atomic mass is 32.1. The van der Waals surface area contributed by atoms with Gasteiger partial charge in [0.2, 0.25) is 0 Å². The molecular weight excluding hydrogens is 344 g/mol. The average Bonchev–Trinajstić information content (AvgIpc) is 3.17. The molecule has 2 aromatic rings. The van der Waals surface area contributed by atoms with Crippen molar-refractivity contribution < 1.29 is 4.74 Å². The van der Waals surface area contributed by atoms with Gasteiger partial charge in [-0.2, -0.15) is 0 Å². The lowest BCUT2D eigenvalue weighted by atomic mass is 9.77. The van der Waals surface area contributed by atoms with E-state index in [1.54, 1.807) is 17.7 Å². The van der Waals surface area contributed by atoms with Gasteiger partial charge in [-0.25, -0.2) is 9.97 Å². The molecule has 4 atom stereocenters. The van der Waals surface area contributed by atoms with E-state index in [0.29, 0.717) is 12.1 Å². The molecule has 1 saturated heterocycles. The van der Waals surface area contributed by atoms with E-state index in [0.717, 1.165) is 48.1 Å². The number of likely N-dealkylation sites (N-methyl/N-ethyl adjacent to an activating group) is 1. The molecule has 0 unspecified atom stereocenters. The summed E-state index contributed by atoms with van der Waals surface area (Å²) in [6.07, 6.45) is 7.27. The SMILES string of the molecule is CN(C)[C@@H]1C[C@@H]2CN(c3ncnc4sccc34)C[C@@H]2C[C@H]1OCC1CC1. The summed E-state index contributed by atoms with van der Waals surface area (Å²) in [5, 5.41) is 3.33. The largest absolute Gasteiger partial charge is 0.376 e. The third-order valence-corrected chi connectivity index (χ3v) is 7.35. The third kappa shape index (κ3) is 3.12. The van der Waals surface area contributed by atoms with Crippen LogP contribution in [0.15, 0.2) is 17.8 Å². The summed E-state index contributed by atoms with van der Waals surface area (Å²) in [4.78, 5) is 15.0. The Labute approximate surface area is 159 Å². The molecule has 0 bridgehead atoms. The van der Waals surface area contributed by atoms with Crippen LogP contribution in [-0.2, 0) is 4.74 Å². The van der Waals surface area contributed by atoms with Gasteiger partial charge in [0.25, 0.3) is 0 Å². The second kappa shape index (κ2) is 6.73. The van der Waals surface area contributed by atoms with Crippen LogP contribution >= 0.6 is 11.3 Å². The summed E-state index contributed by atoms with van der Waals surface area (Å²) >= 11 is 1.70. The Bertz CT molecular complexity index is 774. The number of nitrogens with zero attached hydrogens (tertiary/aromatic N) is 4. The highest BCUT2D eigenvalue weighted by molar-refractivity contribution is 7.16. The number of aromatic nitrogens is 2. The van der Waals surface area contributed by atoms with Crippen LogP contribution < -0.4 is 4.90 Å². The molecule has 3 heterocycles. The molecule has 0 spiro atoms. The zero-order valence-electron chi connectivity index (χ0n) is 15.7. The first-order chi connectivity index (χ1) is 12.7. The first-order valence-electron chi connectivity index (χ1n) is 9.90. The second-order valence-electron chi connectivity index (χ2n) is 8.58. The van der Waals surface area contributed by atoms with Crippen molar-refractivity contribution in [2.75, 3.05) is 38.7 Å². The molecule has 2 aromatic heterocycles. The van der Waals surface area contributed by atoms with E-state index in [4.69, 9.17) is 4.74 Å². The quantitative estimate of drug-likeness (QED) is 0.806. The topological polar surface area (TPSA) is 41.5 Å². The van der Waals surface area contributed by atoms with Crippen LogP contribution in [0.1, 0.15) is 25.7 Å². The predicted molar refractivity (Wildman–Crippen MR) is 106 cm³/mol. The molecule has 0 radical (unpaired) electrons. The number of fused-ring (bicyclic) bond motifs is 2. The lowest BCUT2D eigenvalue weighted by Crippen LogP contribution is -2.48. The Kier molecular flexibility index (Phi) is 4.38. The number of hydrogen-bond donors (Lipinski definition) is 0. The standard InChI is InChI=1S/C20H28N4OS/c1-23(2)17-7-14-9-24(19-16-5-6-26-20(16)22-12-21-19)10-15(14)8-18(17)25-11-13-3-4-13/h5-6,12-15,17-18H,3-4,7-11H2,1-2H3/t14-,15+,17-,18-/m1/s1. The molecule has 0 aromatic carbocycles. The van der Waals surface area contributed by atoms with Crippen molar-refractivity contribution in [1.29, 1.82) is 0 Å². The predicted octanol–water partition coefficient (Wildman–Crippen LogP) is 3.26. The zero-order valence-corrected chi connectivity index (χ0v) is 16.5. The molecule has 2 aliphatic carbocycles. The van der Waals surface area contributed by atoms with Crippen LogP contribution in [0.5, 0.6) is 0 Å². The smallest absolute Gasteiger partial charge is 0.140 e. The van der Waals surface area contributed by atoms with E-state index < -0.39 is 0 Å². The Morgan fingerprint density at radius 3 is 2.77 bits per heavy atom. The summed E-state index contributed by atoms with van der Waals surface area (Å²) < 4.78 is 6.40. The summed E-state index contributed by atoms with van der Waals surface area (Å²) in [5.41, 5.74) is 0. The monoisotopic (exact) mass is 372 g/mol.